The number of nitrogens with zero attached hydrogens (tertiary/aromatic N) is 1. The molecule has 8 heteroatoms. The normalized spacial score (nSPS) is 16.7. The first-order chi connectivity index (χ1) is 13.5. The van der Waals surface area contributed by atoms with Gasteiger partial charge >= 0.3 is 0 Å². The first kappa shape index (κ1) is 18.7. The molecular formula is C20H12Cl2N2O3S. The van der Waals surface area contributed by atoms with Crippen LogP contribution in [0.2, 0.25) is 10.0 Å². The third-order valence-corrected chi connectivity index (χ3v) is 5.05. The van der Waals surface area contributed by atoms with E-state index in [4.69, 9.17) is 27.6 Å². The maximum absolute atomic E-state index is 11.8. The lowest BCUT2D eigenvalue weighted by Gasteiger charge is -2.00. The lowest BCUT2D eigenvalue weighted by molar-refractivity contribution is 0.265. The van der Waals surface area contributed by atoms with Crippen LogP contribution in [0.5, 0.6) is 5.75 Å². The zero-order chi connectivity index (χ0) is 19.7. The Morgan fingerprint density at radius 1 is 1.04 bits per heavy atom. The molecule has 2 aromatic carbocycles. The van der Waals surface area contributed by atoms with Crippen molar-refractivity contribution in [1.82, 2.24) is 5.32 Å². The summed E-state index contributed by atoms with van der Waals surface area (Å²) < 4.78 is 5.86. The first-order valence-corrected chi connectivity index (χ1v) is 9.68. The Morgan fingerprint density at radius 3 is 2.46 bits per heavy atom. The molecule has 140 valence electrons. The van der Waals surface area contributed by atoms with Gasteiger partial charge in [-0.1, -0.05) is 23.2 Å². The van der Waals surface area contributed by atoms with E-state index in [9.17, 15) is 9.90 Å². The molecule has 0 bridgehead atoms. The number of rotatable bonds is 3. The van der Waals surface area contributed by atoms with E-state index in [1.165, 1.54) is 12.1 Å². The van der Waals surface area contributed by atoms with Gasteiger partial charge < -0.3 is 14.8 Å². The standard InChI is InChI=1S/C20H12Cl2N2O3S/c21-12-7-11(8-13(22)9-12)17-6-5-16(27-17)10-18-19(24-20(26)28-18)23-14-1-3-15(25)4-2-14/h1-10,25H,(H,23,24,26)/b18-10-. The summed E-state index contributed by atoms with van der Waals surface area (Å²) in [6, 6.07) is 15.1. The lowest BCUT2D eigenvalue weighted by atomic mass is 10.2. The molecule has 1 fully saturated rings. The number of carbonyl (C=O) groups excluding carboxylic acids is 1. The van der Waals surface area contributed by atoms with Crippen LogP contribution in [0.25, 0.3) is 17.4 Å². The zero-order valence-corrected chi connectivity index (χ0v) is 16.5. The van der Waals surface area contributed by atoms with Gasteiger partial charge in [0, 0.05) is 15.6 Å². The predicted octanol–water partition coefficient (Wildman–Crippen LogP) is 6.49. The van der Waals surface area contributed by atoms with Crippen LogP contribution in [-0.4, -0.2) is 16.2 Å². The highest BCUT2D eigenvalue weighted by Crippen LogP contribution is 2.32. The minimum Gasteiger partial charge on any atom is -0.508 e. The molecule has 0 radical (unpaired) electrons. The van der Waals surface area contributed by atoms with Crippen LogP contribution >= 0.6 is 35.0 Å². The number of hydrogen-bond donors (Lipinski definition) is 2. The lowest BCUT2D eigenvalue weighted by Crippen LogP contribution is -2.18. The Bertz CT molecular complexity index is 1100. The second-order valence-electron chi connectivity index (χ2n) is 5.86. The van der Waals surface area contributed by atoms with Gasteiger partial charge in [-0.3, -0.25) is 4.79 Å². The molecule has 5 nitrogen and oxygen atoms in total. The van der Waals surface area contributed by atoms with E-state index in [0.29, 0.717) is 38.0 Å². The summed E-state index contributed by atoms with van der Waals surface area (Å²) in [5.41, 5.74) is 1.36. The van der Waals surface area contributed by atoms with E-state index in [2.05, 4.69) is 10.3 Å². The fourth-order valence-corrected chi connectivity index (χ4v) is 3.82. The molecule has 28 heavy (non-hydrogen) atoms. The predicted molar refractivity (Wildman–Crippen MR) is 113 cm³/mol. The van der Waals surface area contributed by atoms with Crippen molar-refractivity contribution in [2.24, 2.45) is 4.99 Å². The molecule has 1 aromatic heterocycles. The molecule has 3 aromatic rings. The molecule has 1 aliphatic rings. The highest BCUT2D eigenvalue weighted by molar-refractivity contribution is 8.18. The van der Waals surface area contributed by atoms with Crippen LogP contribution in [0.3, 0.4) is 0 Å². The number of aliphatic imine (C=N–C) groups is 1. The molecule has 2 heterocycles. The van der Waals surface area contributed by atoms with Crippen LogP contribution in [0, 0.1) is 0 Å². The van der Waals surface area contributed by atoms with Gasteiger partial charge in [0.1, 0.15) is 23.1 Å². The number of nitrogens with one attached hydrogen (secondary N) is 1. The number of furan rings is 1. The van der Waals surface area contributed by atoms with Crippen molar-refractivity contribution in [1.29, 1.82) is 0 Å². The summed E-state index contributed by atoms with van der Waals surface area (Å²) in [6.45, 7) is 0. The molecule has 1 aliphatic heterocycles. The minimum atomic E-state index is -0.225. The smallest absolute Gasteiger partial charge is 0.289 e. The fraction of sp³-hybridized carbons (Fsp3) is 0. The molecule has 0 saturated carbocycles. The quantitative estimate of drug-likeness (QED) is 0.497. The molecule has 1 amide bonds. The average Bonchev–Trinajstić information content (AvgIpc) is 3.23. The van der Waals surface area contributed by atoms with Gasteiger partial charge in [0.15, 0.2) is 0 Å². The molecule has 0 aliphatic carbocycles. The Labute approximate surface area is 174 Å². The van der Waals surface area contributed by atoms with Crippen LogP contribution in [-0.2, 0) is 0 Å². The summed E-state index contributed by atoms with van der Waals surface area (Å²) in [5, 5.41) is 12.9. The van der Waals surface area contributed by atoms with Gasteiger partial charge in [0.05, 0.1) is 10.6 Å². The Morgan fingerprint density at radius 2 is 1.75 bits per heavy atom. The van der Waals surface area contributed by atoms with Gasteiger partial charge in [-0.05, 0) is 72.4 Å². The number of halogens is 2. The minimum absolute atomic E-state index is 0.147. The maximum atomic E-state index is 11.8. The monoisotopic (exact) mass is 430 g/mol. The van der Waals surface area contributed by atoms with Crippen molar-refractivity contribution >= 4 is 57.8 Å². The Hall–Kier alpha value is -2.67. The number of amidine groups is 1. The Balaban J connectivity index is 1.64. The highest BCUT2D eigenvalue weighted by atomic mass is 35.5. The van der Waals surface area contributed by atoms with Crippen LogP contribution in [0.1, 0.15) is 5.76 Å². The largest absolute Gasteiger partial charge is 0.508 e. The van der Waals surface area contributed by atoms with Gasteiger partial charge in [0.25, 0.3) is 5.24 Å². The summed E-state index contributed by atoms with van der Waals surface area (Å²) >= 11 is 13.1. The van der Waals surface area contributed by atoms with Gasteiger partial charge in [-0.15, -0.1) is 0 Å². The summed E-state index contributed by atoms with van der Waals surface area (Å²) in [4.78, 5) is 16.9. The van der Waals surface area contributed by atoms with E-state index in [1.54, 1.807) is 48.5 Å². The number of amides is 1. The van der Waals surface area contributed by atoms with Gasteiger partial charge in [-0.2, -0.15) is 0 Å². The average molecular weight is 431 g/mol. The summed E-state index contributed by atoms with van der Waals surface area (Å²) in [7, 11) is 0. The molecule has 0 unspecified atom stereocenters. The van der Waals surface area contributed by atoms with E-state index < -0.39 is 0 Å². The van der Waals surface area contributed by atoms with E-state index in [-0.39, 0.29) is 11.0 Å². The number of phenols is 1. The second-order valence-corrected chi connectivity index (χ2v) is 7.75. The van der Waals surface area contributed by atoms with E-state index in [1.807, 2.05) is 0 Å². The molecule has 4 rings (SSSR count). The molecule has 1 saturated heterocycles. The summed E-state index contributed by atoms with van der Waals surface area (Å²) in [6.07, 6.45) is 1.73. The Kier molecular flexibility index (Phi) is 5.17. The topological polar surface area (TPSA) is 74.8 Å². The fourth-order valence-electron chi connectivity index (χ4n) is 2.58. The number of thioether (sulfide) groups is 1. The van der Waals surface area contributed by atoms with Gasteiger partial charge in [0.2, 0.25) is 0 Å². The van der Waals surface area contributed by atoms with Gasteiger partial charge in [-0.25, -0.2) is 4.99 Å². The summed E-state index contributed by atoms with van der Waals surface area (Å²) in [5.74, 6) is 1.73. The molecule has 0 spiro atoms. The number of phenolic OH excluding ortho intramolecular Hbond substituents is 1. The van der Waals surface area contributed by atoms with Crippen LogP contribution in [0.4, 0.5) is 10.5 Å². The van der Waals surface area contributed by atoms with Crippen molar-refractivity contribution in [3.05, 3.63) is 75.3 Å². The van der Waals surface area contributed by atoms with Crippen LogP contribution < -0.4 is 5.32 Å². The molecule has 0 atom stereocenters. The number of benzene rings is 2. The van der Waals surface area contributed by atoms with Crippen molar-refractivity contribution in [2.75, 3.05) is 0 Å². The van der Waals surface area contributed by atoms with Crippen molar-refractivity contribution in [2.45, 2.75) is 0 Å². The highest BCUT2D eigenvalue weighted by Gasteiger charge is 2.24. The third kappa shape index (κ3) is 4.25. The zero-order valence-electron chi connectivity index (χ0n) is 14.1. The van der Waals surface area contributed by atoms with Crippen LogP contribution in [0.15, 0.2) is 68.9 Å². The second kappa shape index (κ2) is 7.75. The molecular weight excluding hydrogens is 419 g/mol. The van der Waals surface area contributed by atoms with E-state index in [0.717, 1.165) is 17.3 Å². The van der Waals surface area contributed by atoms with Crippen molar-refractivity contribution in [3.8, 4) is 17.1 Å². The SMILES string of the molecule is O=C1NC(=Nc2ccc(O)cc2)/C(=C/c2ccc(-c3cc(Cl)cc(Cl)c3)o2)S1. The maximum Gasteiger partial charge on any atom is 0.289 e. The molecule has 2 N–H and O–H groups in total. The van der Waals surface area contributed by atoms with Crippen molar-refractivity contribution in [3.63, 3.8) is 0 Å². The first-order valence-electron chi connectivity index (χ1n) is 8.11. The van der Waals surface area contributed by atoms with E-state index >= 15 is 0 Å². The number of carbonyl (C=O) groups is 1. The third-order valence-electron chi connectivity index (χ3n) is 3.79. The van der Waals surface area contributed by atoms with Crippen molar-refractivity contribution < 1.29 is 14.3 Å². The number of hydrogen-bond acceptors (Lipinski definition) is 5. The number of aromatic hydroxyl groups is 1.